The average Bonchev–Trinajstić information content (AvgIpc) is 2.90. The molecule has 2 aromatic carbocycles. The van der Waals surface area contributed by atoms with Gasteiger partial charge in [-0.3, -0.25) is 4.98 Å². The minimum Gasteiger partial charge on any atom is -0.504 e. The van der Waals surface area contributed by atoms with Crippen LogP contribution in [0, 0.1) is 9.49 Å². The summed E-state index contributed by atoms with van der Waals surface area (Å²) < 4.78 is 11.6. The van der Waals surface area contributed by atoms with Crippen LogP contribution < -0.4 is 4.74 Å². The van der Waals surface area contributed by atoms with Gasteiger partial charge in [0.15, 0.2) is 11.5 Å². The van der Waals surface area contributed by atoms with Gasteiger partial charge in [-0.2, -0.15) is 0 Å². The number of phenols is 1. The Kier molecular flexibility index (Phi) is 10.9. The van der Waals surface area contributed by atoms with E-state index in [0.29, 0.717) is 28.8 Å². The summed E-state index contributed by atoms with van der Waals surface area (Å²) in [6.45, 7) is 4.30. The molecule has 36 heavy (non-hydrogen) atoms. The number of allylic oxidation sites excluding steroid dienone is 1. The Hall–Kier alpha value is -2.72. The first-order chi connectivity index (χ1) is 17.4. The molecule has 1 heterocycles. The number of nitrogens with zero attached hydrogens (tertiary/aromatic N) is 1. The quantitative estimate of drug-likeness (QED) is 0.178. The molecule has 0 amide bonds. The van der Waals surface area contributed by atoms with Gasteiger partial charge in [-0.1, -0.05) is 42.5 Å². The molecule has 0 unspecified atom stereocenters. The summed E-state index contributed by atoms with van der Waals surface area (Å²) in [5, 5.41) is 31.8. The minimum absolute atomic E-state index is 0.0946. The Labute approximate surface area is 226 Å². The zero-order valence-corrected chi connectivity index (χ0v) is 22.4. The summed E-state index contributed by atoms with van der Waals surface area (Å²) in [7, 11) is 1.51. The summed E-state index contributed by atoms with van der Waals surface area (Å²) in [6, 6.07) is 19.0. The molecule has 7 heteroatoms. The third-order valence-corrected chi connectivity index (χ3v) is 6.70. The molecule has 3 rings (SSSR count). The average molecular weight is 601 g/mol. The van der Waals surface area contributed by atoms with Crippen LogP contribution in [0.4, 0.5) is 0 Å². The summed E-state index contributed by atoms with van der Waals surface area (Å²) in [5.74, 6) is -0.0540. The third-order valence-electron chi connectivity index (χ3n) is 5.88. The van der Waals surface area contributed by atoms with Gasteiger partial charge in [-0.15, -0.1) is 6.58 Å². The Morgan fingerprint density at radius 1 is 1.08 bits per heavy atom. The fourth-order valence-electron chi connectivity index (χ4n) is 3.91. The molecular weight excluding hydrogens is 569 g/mol. The summed E-state index contributed by atoms with van der Waals surface area (Å²) >= 11 is 2.06. The van der Waals surface area contributed by atoms with E-state index in [-0.39, 0.29) is 12.4 Å². The Morgan fingerprint density at radius 3 is 2.50 bits per heavy atom. The van der Waals surface area contributed by atoms with E-state index >= 15 is 0 Å². The third kappa shape index (κ3) is 7.89. The highest BCUT2D eigenvalue weighted by atomic mass is 127. The molecule has 0 aliphatic heterocycles. The summed E-state index contributed by atoms with van der Waals surface area (Å²) in [6.07, 6.45) is 4.48. The van der Waals surface area contributed by atoms with E-state index in [0.717, 1.165) is 22.4 Å². The number of phenolic OH excluding ortho intramolecular Hbond substituents is 1. The lowest BCUT2D eigenvalue weighted by Gasteiger charge is -2.25. The van der Waals surface area contributed by atoms with Gasteiger partial charge in [0.05, 0.1) is 41.8 Å². The van der Waals surface area contributed by atoms with Crippen molar-refractivity contribution < 1.29 is 24.8 Å². The first-order valence-corrected chi connectivity index (χ1v) is 12.8. The van der Waals surface area contributed by atoms with Gasteiger partial charge in [0, 0.05) is 12.1 Å². The van der Waals surface area contributed by atoms with Crippen LogP contribution in [0.25, 0.3) is 11.6 Å². The maximum atomic E-state index is 10.9. The lowest BCUT2D eigenvalue weighted by molar-refractivity contribution is -0.0270. The number of aromatic hydroxyl groups is 1. The number of aliphatic hydroxyl groups is 2. The molecule has 0 bridgehead atoms. The predicted molar refractivity (Wildman–Crippen MR) is 151 cm³/mol. The number of aromatic nitrogens is 1. The van der Waals surface area contributed by atoms with Crippen LogP contribution in [0.15, 0.2) is 79.5 Å². The molecule has 0 fully saturated rings. The molecule has 3 atom stereocenters. The Bertz CT molecular complexity index is 1140. The number of ether oxygens (including phenoxy) is 2. The second-order valence-electron chi connectivity index (χ2n) is 8.43. The van der Waals surface area contributed by atoms with Crippen molar-refractivity contribution in [1.29, 1.82) is 0 Å². The van der Waals surface area contributed by atoms with Gasteiger partial charge < -0.3 is 24.8 Å². The van der Waals surface area contributed by atoms with Crippen molar-refractivity contribution in [2.45, 2.75) is 31.7 Å². The number of pyridine rings is 1. The van der Waals surface area contributed by atoms with Gasteiger partial charge in [0.25, 0.3) is 0 Å². The van der Waals surface area contributed by atoms with Crippen LogP contribution in [-0.2, 0) is 11.3 Å². The molecule has 190 valence electrons. The van der Waals surface area contributed by atoms with E-state index in [4.69, 9.17) is 9.47 Å². The van der Waals surface area contributed by atoms with E-state index in [1.54, 1.807) is 18.3 Å². The molecule has 3 aromatic rings. The maximum Gasteiger partial charge on any atom is 0.171 e. The molecule has 0 aliphatic carbocycles. The zero-order valence-electron chi connectivity index (χ0n) is 20.3. The van der Waals surface area contributed by atoms with Gasteiger partial charge in [0.1, 0.15) is 0 Å². The number of methoxy groups -OCH3 is 1. The molecule has 1 aromatic heterocycles. The zero-order chi connectivity index (χ0) is 25.9. The van der Waals surface area contributed by atoms with E-state index in [1.165, 1.54) is 7.11 Å². The van der Waals surface area contributed by atoms with E-state index in [9.17, 15) is 15.3 Å². The van der Waals surface area contributed by atoms with Crippen LogP contribution in [0.3, 0.4) is 0 Å². The van der Waals surface area contributed by atoms with Crippen molar-refractivity contribution in [1.82, 2.24) is 4.98 Å². The van der Waals surface area contributed by atoms with Crippen LogP contribution in [0.5, 0.6) is 11.5 Å². The molecule has 3 N–H and O–H groups in total. The number of rotatable bonds is 13. The second kappa shape index (κ2) is 14.1. The number of benzene rings is 2. The monoisotopic (exact) mass is 601 g/mol. The highest BCUT2D eigenvalue weighted by Gasteiger charge is 2.25. The maximum absolute atomic E-state index is 10.9. The molecule has 0 saturated heterocycles. The predicted octanol–water partition coefficient (Wildman–Crippen LogP) is 5.46. The van der Waals surface area contributed by atoms with Crippen LogP contribution in [-0.4, -0.2) is 46.2 Å². The largest absolute Gasteiger partial charge is 0.504 e. The standard InChI is InChI=1S/C29H32INO5/c1-3-23(27(33)19-36-18-20-9-5-4-6-10-20)26(32)13-12-22(25-11-7-8-14-31-25)15-21-16-24(30)29(34)28(17-21)35-2/h3-11,14-17,23,26-27,32-34H,1,12-13,18-19H2,2H3/b22-15-/t23-,26-,27-/m1/s1. The Morgan fingerprint density at radius 2 is 1.83 bits per heavy atom. The number of halogens is 1. The highest BCUT2D eigenvalue weighted by molar-refractivity contribution is 14.1. The topological polar surface area (TPSA) is 92.0 Å². The fourth-order valence-corrected chi connectivity index (χ4v) is 4.54. The molecule has 6 nitrogen and oxygen atoms in total. The van der Waals surface area contributed by atoms with Gasteiger partial charge in [-0.05, 0) is 82.5 Å². The molecular formula is C29H32INO5. The van der Waals surface area contributed by atoms with E-state index < -0.39 is 18.1 Å². The number of hydrogen-bond donors (Lipinski definition) is 3. The van der Waals surface area contributed by atoms with Gasteiger partial charge >= 0.3 is 0 Å². The molecule has 0 spiro atoms. The lowest BCUT2D eigenvalue weighted by atomic mass is 9.90. The minimum atomic E-state index is -0.883. The van der Waals surface area contributed by atoms with Crippen molar-refractivity contribution in [3.8, 4) is 11.5 Å². The van der Waals surface area contributed by atoms with Crippen LogP contribution in [0.2, 0.25) is 0 Å². The smallest absolute Gasteiger partial charge is 0.171 e. The summed E-state index contributed by atoms with van der Waals surface area (Å²) in [4.78, 5) is 4.48. The number of hydrogen-bond acceptors (Lipinski definition) is 6. The van der Waals surface area contributed by atoms with Gasteiger partial charge in [-0.25, -0.2) is 0 Å². The van der Waals surface area contributed by atoms with Crippen molar-refractivity contribution in [3.05, 3.63) is 99.9 Å². The Balaban J connectivity index is 1.70. The summed E-state index contributed by atoms with van der Waals surface area (Å²) in [5.41, 5.74) is 3.56. The van der Waals surface area contributed by atoms with Crippen molar-refractivity contribution in [2.75, 3.05) is 13.7 Å². The van der Waals surface area contributed by atoms with E-state index in [2.05, 4.69) is 34.2 Å². The fraction of sp³-hybridized carbons (Fsp3) is 0.276. The first kappa shape index (κ1) is 27.9. The van der Waals surface area contributed by atoms with E-state index in [1.807, 2.05) is 60.7 Å². The molecule has 0 saturated carbocycles. The van der Waals surface area contributed by atoms with Crippen LogP contribution >= 0.6 is 22.6 Å². The molecule has 0 radical (unpaired) electrons. The SMILES string of the molecule is C=C[C@H]([C@H](O)CC/C(=C/c1cc(I)c(O)c(OC)c1)c1ccccn1)[C@H](O)COCc1ccccc1. The number of aliphatic hydroxyl groups excluding tert-OH is 2. The van der Waals surface area contributed by atoms with Crippen molar-refractivity contribution >= 4 is 34.2 Å². The second-order valence-corrected chi connectivity index (χ2v) is 9.59. The lowest BCUT2D eigenvalue weighted by Crippen LogP contribution is -2.33. The molecule has 0 aliphatic rings. The van der Waals surface area contributed by atoms with Crippen LogP contribution in [0.1, 0.15) is 29.7 Å². The van der Waals surface area contributed by atoms with Crippen molar-refractivity contribution in [2.24, 2.45) is 5.92 Å². The normalized spacial score (nSPS) is 14.2. The van der Waals surface area contributed by atoms with Crippen molar-refractivity contribution in [3.63, 3.8) is 0 Å². The highest BCUT2D eigenvalue weighted by Crippen LogP contribution is 2.34. The first-order valence-electron chi connectivity index (χ1n) is 11.7. The van der Waals surface area contributed by atoms with Gasteiger partial charge in [0.2, 0.25) is 0 Å².